The number of aryl methyl sites for hydroxylation is 1. The van der Waals surface area contributed by atoms with Crippen molar-refractivity contribution in [3.8, 4) is 5.69 Å². The van der Waals surface area contributed by atoms with E-state index < -0.39 is 12.1 Å². The first-order valence-corrected chi connectivity index (χ1v) is 10.1. The van der Waals surface area contributed by atoms with Crippen molar-refractivity contribution in [3.63, 3.8) is 0 Å². The maximum Gasteiger partial charge on any atom is 0.490 e. The molecule has 33 heavy (non-hydrogen) atoms. The molecular weight excluding hydrogens is 445 g/mol. The van der Waals surface area contributed by atoms with Gasteiger partial charge in [0.25, 0.3) is 5.56 Å². The number of imidazole rings is 1. The lowest BCUT2D eigenvalue weighted by Crippen LogP contribution is -2.52. The number of aliphatic carboxylic acids is 1. The Morgan fingerprint density at radius 3 is 2.52 bits per heavy atom. The maximum absolute atomic E-state index is 13.0. The average Bonchev–Trinajstić information content (AvgIpc) is 3.11. The van der Waals surface area contributed by atoms with Gasteiger partial charge in [0.2, 0.25) is 5.95 Å². The Labute approximate surface area is 184 Å². The highest BCUT2D eigenvalue weighted by atomic mass is 19.4. The third-order valence-electron chi connectivity index (χ3n) is 5.78. The molecule has 0 bridgehead atoms. The Balaban J connectivity index is 0.000000325. The monoisotopic (exact) mass is 466 g/mol. The second kappa shape index (κ2) is 8.06. The van der Waals surface area contributed by atoms with Gasteiger partial charge < -0.3 is 15.3 Å². The molecule has 1 saturated heterocycles. The summed E-state index contributed by atoms with van der Waals surface area (Å²) in [6, 6.07) is 8.40. The summed E-state index contributed by atoms with van der Waals surface area (Å²) in [5.41, 5.74) is 2.36. The van der Waals surface area contributed by atoms with E-state index in [2.05, 4.69) is 16.3 Å². The Hall–Kier alpha value is -3.61. The summed E-state index contributed by atoms with van der Waals surface area (Å²) in [6.07, 6.45) is -4.19. The van der Waals surface area contributed by atoms with E-state index >= 15 is 0 Å². The van der Waals surface area contributed by atoms with E-state index in [1.165, 1.54) is 17.2 Å². The van der Waals surface area contributed by atoms with Gasteiger partial charge in [-0.2, -0.15) is 18.2 Å². The number of hydrogen-bond donors (Lipinski definition) is 2. The molecule has 1 aromatic carbocycles. The number of benzene rings is 1. The van der Waals surface area contributed by atoms with Gasteiger partial charge in [-0.3, -0.25) is 18.5 Å². The number of nitrogens with zero attached hydrogens (tertiary/aromatic N) is 5. The van der Waals surface area contributed by atoms with Crippen LogP contribution in [0.1, 0.15) is 5.56 Å². The first kappa shape index (κ1) is 22.6. The molecule has 2 aliphatic heterocycles. The van der Waals surface area contributed by atoms with Crippen molar-refractivity contribution in [1.29, 1.82) is 0 Å². The molecule has 0 saturated carbocycles. The number of carboxylic acid groups (broad SMARTS) is 1. The number of carboxylic acids is 1. The Kier molecular flexibility index (Phi) is 5.52. The molecule has 176 valence electrons. The largest absolute Gasteiger partial charge is 0.490 e. The highest BCUT2D eigenvalue weighted by Crippen LogP contribution is 2.33. The summed E-state index contributed by atoms with van der Waals surface area (Å²) >= 11 is 0. The van der Waals surface area contributed by atoms with Crippen LogP contribution in [0.5, 0.6) is 0 Å². The lowest BCUT2D eigenvalue weighted by molar-refractivity contribution is -0.192. The van der Waals surface area contributed by atoms with Crippen LogP contribution in [0.2, 0.25) is 0 Å². The third-order valence-corrected chi connectivity index (χ3v) is 5.78. The summed E-state index contributed by atoms with van der Waals surface area (Å²) in [5.74, 6) is -2.01. The fourth-order valence-corrected chi connectivity index (χ4v) is 4.17. The number of aromatic nitrogens is 4. The highest BCUT2D eigenvalue weighted by Gasteiger charge is 2.38. The molecule has 0 radical (unpaired) electrons. The predicted octanol–water partition coefficient (Wildman–Crippen LogP) is 0.390. The van der Waals surface area contributed by atoms with E-state index in [-0.39, 0.29) is 17.3 Å². The van der Waals surface area contributed by atoms with Gasteiger partial charge in [0.15, 0.2) is 11.2 Å². The fourth-order valence-electron chi connectivity index (χ4n) is 4.17. The van der Waals surface area contributed by atoms with E-state index in [9.17, 15) is 22.8 Å². The molecule has 1 atom stereocenters. The van der Waals surface area contributed by atoms with Crippen LogP contribution < -0.4 is 21.5 Å². The van der Waals surface area contributed by atoms with Gasteiger partial charge in [-0.25, -0.2) is 9.59 Å². The van der Waals surface area contributed by atoms with Gasteiger partial charge in [-0.15, -0.1) is 0 Å². The van der Waals surface area contributed by atoms with Crippen molar-refractivity contribution in [3.05, 3.63) is 50.7 Å². The molecule has 2 N–H and O–H groups in total. The average molecular weight is 466 g/mol. The summed E-state index contributed by atoms with van der Waals surface area (Å²) in [4.78, 5) is 41.3. The zero-order chi connectivity index (χ0) is 24.1. The van der Waals surface area contributed by atoms with Gasteiger partial charge >= 0.3 is 17.8 Å². The van der Waals surface area contributed by atoms with Crippen LogP contribution in [-0.2, 0) is 25.3 Å². The van der Waals surface area contributed by atoms with Crippen molar-refractivity contribution < 1.29 is 23.1 Å². The van der Waals surface area contributed by atoms with Crippen LogP contribution in [-0.4, -0.2) is 61.6 Å². The zero-order valence-corrected chi connectivity index (χ0v) is 17.8. The molecule has 0 aliphatic carbocycles. The standard InChI is InChI=1S/C18H20N6O2.C2HF3O2/c1-21-15-14(16(25)22(2)18(21)26)24-13-6-4-3-5-11(13)9-12-10-19-7-8-23(12)17(24)20-15;3-2(4,5)1(6)7/h3-6,12,19H,7-10H2,1-2H3;(H,6,7). The number of nitrogens with one attached hydrogen (secondary N) is 1. The van der Waals surface area contributed by atoms with E-state index in [1.807, 2.05) is 22.8 Å². The fraction of sp³-hybridized carbons (Fsp3) is 0.400. The van der Waals surface area contributed by atoms with Crippen molar-refractivity contribution >= 4 is 23.1 Å². The molecular formula is C20H21F3N6O4. The van der Waals surface area contributed by atoms with Gasteiger partial charge in [-0.05, 0) is 18.1 Å². The minimum absolute atomic E-state index is 0.267. The van der Waals surface area contributed by atoms with Gasteiger partial charge in [0.05, 0.1) is 5.69 Å². The number of piperazine rings is 1. The number of alkyl halides is 3. The lowest BCUT2D eigenvalue weighted by atomic mass is 10.0. The van der Waals surface area contributed by atoms with Crippen LogP contribution in [0.4, 0.5) is 19.1 Å². The molecule has 10 nitrogen and oxygen atoms in total. The maximum atomic E-state index is 13.0. The number of para-hydroxylation sites is 1. The third kappa shape index (κ3) is 3.77. The van der Waals surface area contributed by atoms with E-state index in [4.69, 9.17) is 14.9 Å². The summed E-state index contributed by atoms with van der Waals surface area (Å²) in [6.45, 7) is 2.55. The molecule has 2 aliphatic rings. The van der Waals surface area contributed by atoms with E-state index in [0.717, 1.165) is 42.3 Å². The second-order valence-electron chi connectivity index (χ2n) is 7.81. The minimum atomic E-state index is -5.08. The number of fused-ring (bicyclic) bond motifs is 7. The summed E-state index contributed by atoms with van der Waals surface area (Å²) in [5, 5.41) is 10.6. The van der Waals surface area contributed by atoms with Gasteiger partial charge in [-0.1, -0.05) is 18.2 Å². The van der Waals surface area contributed by atoms with Crippen LogP contribution in [0.25, 0.3) is 16.9 Å². The van der Waals surface area contributed by atoms with Crippen LogP contribution in [0, 0.1) is 0 Å². The first-order valence-electron chi connectivity index (χ1n) is 10.1. The van der Waals surface area contributed by atoms with Crippen LogP contribution >= 0.6 is 0 Å². The predicted molar refractivity (Wildman–Crippen MR) is 113 cm³/mol. The number of carbonyl (C=O) groups is 1. The molecule has 5 rings (SSSR count). The molecule has 3 aromatic rings. The number of halogens is 3. The lowest BCUT2D eigenvalue weighted by Gasteiger charge is -2.35. The molecule has 1 fully saturated rings. The van der Waals surface area contributed by atoms with Gasteiger partial charge in [0, 0.05) is 39.8 Å². The van der Waals surface area contributed by atoms with Crippen LogP contribution in [0.15, 0.2) is 33.9 Å². The van der Waals surface area contributed by atoms with Crippen molar-refractivity contribution in [2.45, 2.75) is 18.6 Å². The normalized spacial score (nSPS) is 17.4. The SMILES string of the molecule is Cn1c(=O)c2c(nc3n2-c2ccccc2CC2CNCCN32)n(C)c1=O.O=C(O)C(F)(F)F. The number of hydrogen-bond acceptors (Lipinski definition) is 6. The Bertz CT molecular complexity index is 1360. The summed E-state index contributed by atoms with van der Waals surface area (Å²) in [7, 11) is 3.18. The van der Waals surface area contributed by atoms with Gasteiger partial charge in [0.1, 0.15) is 0 Å². The van der Waals surface area contributed by atoms with Crippen molar-refractivity contribution in [2.75, 3.05) is 24.5 Å². The molecule has 2 aromatic heterocycles. The van der Waals surface area contributed by atoms with Crippen LogP contribution in [0.3, 0.4) is 0 Å². The Morgan fingerprint density at radius 2 is 1.85 bits per heavy atom. The molecule has 1 unspecified atom stereocenters. The first-order chi connectivity index (χ1) is 15.5. The van der Waals surface area contributed by atoms with E-state index in [0.29, 0.717) is 11.2 Å². The summed E-state index contributed by atoms with van der Waals surface area (Å²) < 4.78 is 36.3. The van der Waals surface area contributed by atoms with Crippen molar-refractivity contribution in [2.24, 2.45) is 14.1 Å². The minimum Gasteiger partial charge on any atom is -0.475 e. The molecule has 13 heteroatoms. The smallest absolute Gasteiger partial charge is 0.475 e. The van der Waals surface area contributed by atoms with Crippen molar-refractivity contribution in [1.82, 2.24) is 24.0 Å². The number of rotatable bonds is 0. The quantitative estimate of drug-likeness (QED) is 0.493. The second-order valence-corrected chi connectivity index (χ2v) is 7.81. The molecule has 0 amide bonds. The topological polar surface area (TPSA) is 114 Å². The Morgan fingerprint density at radius 1 is 1.18 bits per heavy atom. The number of anilines is 1. The molecule has 4 heterocycles. The highest BCUT2D eigenvalue weighted by molar-refractivity contribution is 5.79. The zero-order valence-electron chi connectivity index (χ0n) is 17.8. The van der Waals surface area contributed by atoms with E-state index in [1.54, 1.807) is 7.05 Å². The molecule has 0 spiro atoms.